The number of nitrogens with zero attached hydrogens (tertiary/aromatic N) is 4. The number of halogens is 1. The van der Waals surface area contributed by atoms with E-state index in [-0.39, 0.29) is 46.5 Å². The number of nitriles is 1. The summed E-state index contributed by atoms with van der Waals surface area (Å²) in [6.45, 7) is 9.21. The van der Waals surface area contributed by atoms with Crippen molar-refractivity contribution in [1.82, 2.24) is 14.6 Å². The van der Waals surface area contributed by atoms with Crippen molar-refractivity contribution in [3.05, 3.63) is 24.2 Å². The molecule has 0 bridgehead atoms. The molecule has 0 amide bonds. The monoisotopic (exact) mass is 661 g/mol. The number of hydrogen-bond acceptors (Lipinski definition) is 14. The molecule has 3 N–H and O–H groups in total. The van der Waals surface area contributed by atoms with Crippen LogP contribution in [0.2, 0.25) is 0 Å². The van der Waals surface area contributed by atoms with Crippen molar-refractivity contribution in [2.75, 3.05) is 37.1 Å². The van der Waals surface area contributed by atoms with Crippen LogP contribution in [0, 0.1) is 22.2 Å². The minimum absolute atomic E-state index is 0.110. The van der Waals surface area contributed by atoms with Gasteiger partial charge >= 0.3 is 7.82 Å². The predicted molar refractivity (Wildman–Crippen MR) is 160 cm³/mol. The summed E-state index contributed by atoms with van der Waals surface area (Å²) in [4.78, 5) is 28.3. The fourth-order valence-corrected chi connectivity index (χ4v) is 6.75. The molecule has 13 nitrogen and oxygen atoms in total. The number of anilines is 1. The van der Waals surface area contributed by atoms with Gasteiger partial charge in [-0.3, -0.25) is 23.2 Å². The summed E-state index contributed by atoms with van der Waals surface area (Å²) >= 11 is 1.95. The van der Waals surface area contributed by atoms with Crippen LogP contribution in [-0.4, -0.2) is 79.1 Å². The molecule has 4 unspecified atom stereocenters. The van der Waals surface area contributed by atoms with Crippen molar-refractivity contribution in [1.29, 1.82) is 5.26 Å². The Bertz CT molecular complexity index is 1370. The average molecular weight is 662 g/mol. The number of aliphatic hydroxyl groups is 1. The molecule has 4 atom stereocenters. The zero-order chi connectivity index (χ0) is 32.2. The summed E-state index contributed by atoms with van der Waals surface area (Å²) in [5.74, 6) is 0.367. The van der Waals surface area contributed by atoms with Gasteiger partial charge in [-0.2, -0.15) is 10.4 Å². The molecule has 0 radical (unpaired) electrons. The number of rotatable bonds is 12. The number of thioether (sulfide) groups is 2. The number of alkyl halides is 1. The molecule has 1 fully saturated rings. The first kappa shape index (κ1) is 35.4. The van der Waals surface area contributed by atoms with Crippen molar-refractivity contribution in [2.45, 2.75) is 65.5 Å². The van der Waals surface area contributed by atoms with E-state index >= 15 is 4.39 Å². The Morgan fingerprint density at radius 1 is 1.14 bits per heavy atom. The first-order valence-corrected chi connectivity index (χ1v) is 16.7. The molecule has 3 rings (SSSR count). The number of phosphoric ester groups is 1. The van der Waals surface area contributed by atoms with Gasteiger partial charge in [-0.05, 0) is 12.1 Å². The second kappa shape index (κ2) is 13.9. The molecule has 1 aliphatic rings. The number of aliphatic hydroxyl groups excluding tert-OH is 1. The number of fused-ring (bicyclic) bond motifs is 1. The van der Waals surface area contributed by atoms with Crippen LogP contribution in [0.3, 0.4) is 0 Å². The molecular weight excluding hydrogens is 624 g/mol. The first-order valence-electron chi connectivity index (χ1n) is 13.3. The fraction of sp³-hybridized carbons (Fsp3) is 0.654. The lowest BCUT2D eigenvalue weighted by Gasteiger charge is -2.26. The zero-order valence-electron chi connectivity index (χ0n) is 24.8. The highest BCUT2D eigenvalue weighted by molar-refractivity contribution is 8.14. The molecule has 2 aromatic rings. The van der Waals surface area contributed by atoms with Crippen LogP contribution in [0.25, 0.3) is 5.52 Å². The number of aromatic nitrogens is 3. The second-order valence-electron chi connectivity index (χ2n) is 11.8. The van der Waals surface area contributed by atoms with Crippen LogP contribution >= 0.6 is 31.3 Å². The molecule has 17 heteroatoms. The van der Waals surface area contributed by atoms with E-state index in [9.17, 15) is 24.5 Å². The number of hydrogen-bond donors (Lipinski definition) is 2. The third-order valence-corrected chi connectivity index (χ3v) is 10.1. The zero-order valence-corrected chi connectivity index (χ0v) is 27.3. The summed E-state index contributed by atoms with van der Waals surface area (Å²) < 4.78 is 52.3. The quantitative estimate of drug-likeness (QED) is 0.244. The molecule has 2 aromatic heterocycles. The number of ether oxygens (including phenoxy) is 1. The second-order valence-corrected chi connectivity index (χ2v) is 15.6. The van der Waals surface area contributed by atoms with Crippen LogP contribution in [-0.2, 0) is 32.5 Å². The van der Waals surface area contributed by atoms with Crippen LogP contribution in [0.1, 0.15) is 53.3 Å². The van der Waals surface area contributed by atoms with Gasteiger partial charge in [0.2, 0.25) is 5.60 Å². The minimum Gasteiger partial charge on any atom is -0.386 e. The highest BCUT2D eigenvalue weighted by Crippen LogP contribution is 2.52. The number of phosphoric acid groups is 1. The average Bonchev–Trinajstić information content (AvgIpc) is 3.47. The lowest BCUT2D eigenvalue weighted by atomic mass is 9.97. The predicted octanol–water partition coefficient (Wildman–Crippen LogP) is 4.11. The molecule has 1 aliphatic heterocycles. The van der Waals surface area contributed by atoms with Gasteiger partial charge in [-0.15, -0.1) is 0 Å². The Kier molecular flexibility index (Phi) is 11.4. The van der Waals surface area contributed by atoms with E-state index in [1.807, 2.05) is 0 Å². The topological polar surface area (TPSA) is 188 Å². The third kappa shape index (κ3) is 8.55. The van der Waals surface area contributed by atoms with E-state index in [4.69, 9.17) is 24.0 Å². The Morgan fingerprint density at radius 2 is 1.70 bits per heavy atom. The van der Waals surface area contributed by atoms with Gasteiger partial charge in [-0.25, -0.2) is 18.5 Å². The molecule has 0 aromatic carbocycles. The Labute approximate surface area is 258 Å². The minimum atomic E-state index is -4.46. The largest absolute Gasteiger partial charge is 0.474 e. The van der Waals surface area contributed by atoms with Crippen LogP contribution < -0.4 is 5.73 Å². The van der Waals surface area contributed by atoms with Gasteiger partial charge in [0.05, 0.1) is 18.9 Å². The van der Waals surface area contributed by atoms with Crippen LogP contribution in [0.15, 0.2) is 18.5 Å². The van der Waals surface area contributed by atoms with E-state index in [1.54, 1.807) is 47.6 Å². The van der Waals surface area contributed by atoms with E-state index in [2.05, 4.69) is 10.1 Å². The summed E-state index contributed by atoms with van der Waals surface area (Å²) in [6.07, 6.45) is -4.41. The van der Waals surface area contributed by atoms with E-state index < -0.39 is 49.2 Å². The van der Waals surface area contributed by atoms with Gasteiger partial charge in [0, 0.05) is 22.3 Å². The van der Waals surface area contributed by atoms with Crippen LogP contribution in [0.5, 0.6) is 0 Å². The van der Waals surface area contributed by atoms with Gasteiger partial charge in [0.25, 0.3) is 0 Å². The van der Waals surface area contributed by atoms with Crippen molar-refractivity contribution in [3.8, 4) is 6.07 Å². The number of nitrogens with two attached hydrogens (primary N) is 1. The van der Waals surface area contributed by atoms with Crippen molar-refractivity contribution >= 4 is 52.9 Å². The highest BCUT2D eigenvalue weighted by atomic mass is 32.2. The number of carbonyl (C=O) groups excluding carboxylic acids is 2. The molecule has 0 aliphatic carbocycles. The molecule has 3 heterocycles. The maximum atomic E-state index is 15.4. The molecule has 0 spiro atoms. The van der Waals surface area contributed by atoms with Crippen molar-refractivity contribution in [3.63, 3.8) is 0 Å². The van der Waals surface area contributed by atoms with E-state index in [1.165, 1.54) is 16.6 Å². The van der Waals surface area contributed by atoms with Gasteiger partial charge < -0.3 is 15.6 Å². The molecule has 1 saturated heterocycles. The maximum absolute atomic E-state index is 15.4. The van der Waals surface area contributed by atoms with Gasteiger partial charge in [-0.1, -0.05) is 65.1 Å². The molecule has 43 heavy (non-hydrogen) atoms. The Morgan fingerprint density at radius 3 is 2.21 bits per heavy atom. The van der Waals surface area contributed by atoms with E-state index in [0.717, 1.165) is 29.9 Å². The maximum Gasteiger partial charge on any atom is 0.474 e. The number of carbonyl (C=O) groups is 2. The van der Waals surface area contributed by atoms with Crippen molar-refractivity contribution in [2.24, 2.45) is 10.8 Å². The molecular formula is C26H37FN5O8PS2. The standard InChI is InChI=1S/C26H37FN5O8PS2/c1-24(2,3)22(34)42-11-9-37-41(36,38-10-12-43-23(35)25(4,5)6)39-14-26(13-28)20(33)18(27)19(40-26)16-7-8-17-21(29)30-15-31-32(16)17/h7-8,15,18-20,33H,9-12,14H2,1-6H3,(H2,29,30,31). The third-order valence-electron chi connectivity index (χ3n) is 6.19. The molecule has 238 valence electrons. The smallest absolute Gasteiger partial charge is 0.386 e. The molecule has 0 saturated carbocycles. The van der Waals surface area contributed by atoms with Gasteiger partial charge in [0.15, 0.2) is 22.2 Å². The highest BCUT2D eigenvalue weighted by Gasteiger charge is 2.58. The Hall–Kier alpha value is -2.09. The van der Waals surface area contributed by atoms with E-state index in [0.29, 0.717) is 5.52 Å². The summed E-state index contributed by atoms with van der Waals surface area (Å²) in [5.41, 5.74) is 2.87. The summed E-state index contributed by atoms with van der Waals surface area (Å²) in [7, 11) is -4.46. The van der Waals surface area contributed by atoms with Crippen LogP contribution in [0.4, 0.5) is 10.2 Å². The summed E-state index contributed by atoms with van der Waals surface area (Å²) in [5, 5.41) is 24.6. The lowest BCUT2D eigenvalue weighted by molar-refractivity contribution is -0.118. The Balaban J connectivity index is 1.74. The number of nitrogen functional groups attached to an aromatic ring is 1. The fourth-order valence-electron chi connectivity index (χ4n) is 3.73. The summed E-state index contributed by atoms with van der Waals surface area (Å²) in [6, 6.07) is 4.76. The normalized spacial score (nSPS) is 23.0. The first-order chi connectivity index (χ1) is 19.9. The lowest BCUT2D eigenvalue weighted by Crippen LogP contribution is -2.44. The van der Waals surface area contributed by atoms with Gasteiger partial charge in [0.1, 0.15) is 36.7 Å². The SMILES string of the molecule is CC(C)(C)C(=O)SCCOP(=O)(OCCSC(=O)C(C)(C)C)OCC1(C#N)OC(c2ccc3c(N)ncnn23)C(F)C1O. The van der Waals surface area contributed by atoms with Crippen molar-refractivity contribution < 1.29 is 42.0 Å².